The van der Waals surface area contributed by atoms with Crippen LogP contribution in [-0.4, -0.2) is 79.5 Å². The third kappa shape index (κ3) is 5.23. The van der Waals surface area contributed by atoms with E-state index in [0.717, 1.165) is 36.2 Å². The molecule has 9 nitrogen and oxygen atoms in total. The van der Waals surface area contributed by atoms with Crippen molar-refractivity contribution in [1.29, 1.82) is 0 Å². The van der Waals surface area contributed by atoms with Crippen LogP contribution >= 0.6 is 0 Å². The number of para-hydroxylation sites is 2. The van der Waals surface area contributed by atoms with Crippen molar-refractivity contribution in [1.82, 2.24) is 29.4 Å². The number of pyridine rings is 1. The lowest BCUT2D eigenvalue weighted by Gasteiger charge is -2.37. The summed E-state index contributed by atoms with van der Waals surface area (Å²) in [7, 11) is 0. The largest absolute Gasteiger partial charge is 0.450 e. The van der Waals surface area contributed by atoms with Gasteiger partial charge in [0.15, 0.2) is 5.82 Å². The summed E-state index contributed by atoms with van der Waals surface area (Å²) in [5.74, 6) is -0.427. The van der Waals surface area contributed by atoms with Gasteiger partial charge in [-0.15, -0.1) is 0 Å². The Morgan fingerprint density at radius 1 is 0.900 bits per heavy atom. The summed E-state index contributed by atoms with van der Waals surface area (Å²) in [5.41, 5.74) is 1.65. The van der Waals surface area contributed by atoms with Crippen LogP contribution in [0.1, 0.15) is 38.2 Å². The van der Waals surface area contributed by atoms with Gasteiger partial charge in [0, 0.05) is 19.6 Å². The van der Waals surface area contributed by atoms with Crippen molar-refractivity contribution in [2.45, 2.75) is 45.0 Å². The average molecular weight is 556 g/mol. The van der Waals surface area contributed by atoms with Gasteiger partial charge in [-0.1, -0.05) is 12.1 Å². The number of hydrogen-bond acceptors (Lipinski definition) is 8. The summed E-state index contributed by atoms with van der Waals surface area (Å²) in [6.45, 7) is 8.12. The Morgan fingerprint density at radius 2 is 1.62 bits per heavy atom. The van der Waals surface area contributed by atoms with Gasteiger partial charge in [0.2, 0.25) is 11.8 Å². The molecule has 0 aliphatic carbocycles. The molecule has 4 aromatic rings. The van der Waals surface area contributed by atoms with Crippen LogP contribution in [0, 0.1) is 5.92 Å². The van der Waals surface area contributed by atoms with Crippen molar-refractivity contribution in [2.24, 2.45) is 5.92 Å². The topological polar surface area (TPSA) is 92.4 Å². The van der Waals surface area contributed by atoms with Gasteiger partial charge in [-0.05, 0) is 70.0 Å². The van der Waals surface area contributed by atoms with Crippen LogP contribution in [0.4, 0.5) is 19.0 Å². The van der Waals surface area contributed by atoms with Gasteiger partial charge in [-0.3, -0.25) is 9.47 Å². The smallest absolute Gasteiger partial charge is 0.390 e. The first-order valence-electron chi connectivity index (χ1n) is 13.6. The Balaban J connectivity index is 1.41. The third-order valence-electron chi connectivity index (χ3n) is 7.87. The number of ether oxygens (including phenoxy) is 1. The molecule has 2 saturated heterocycles. The van der Waals surface area contributed by atoms with Crippen molar-refractivity contribution in [3.63, 3.8) is 0 Å². The van der Waals surface area contributed by atoms with Crippen LogP contribution in [0.15, 0.2) is 36.4 Å². The minimum atomic E-state index is -4.70. The molecule has 0 saturated carbocycles. The molecule has 0 spiro atoms. The van der Waals surface area contributed by atoms with Crippen molar-refractivity contribution >= 4 is 27.9 Å². The second-order valence-corrected chi connectivity index (χ2v) is 11.1. The first kappa shape index (κ1) is 26.9. The minimum absolute atomic E-state index is 0.0988. The zero-order chi connectivity index (χ0) is 28.1. The monoisotopic (exact) mass is 555 g/mol. The molecule has 2 aliphatic rings. The number of morpholine rings is 1. The number of rotatable bonds is 5. The van der Waals surface area contributed by atoms with Crippen LogP contribution in [0.2, 0.25) is 0 Å². The normalized spacial score (nSPS) is 18.2. The summed E-state index contributed by atoms with van der Waals surface area (Å²) in [6.07, 6.45) is -2.89. The van der Waals surface area contributed by atoms with Crippen LogP contribution in [-0.2, 0) is 17.5 Å². The molecule has 212 valence electrons. The standard InChI is InChI=1S/C28H32F3N7O2/c1-27(2,39)18-9-11-36(12-10-18)17-19-7-8-21-23(32-19)24(37-13-15-40-16-14-37)35-26(34-21)38-22-6-4-3-5-20(22)33-25(38)28(29,30)31/h3-8,18,39H,9-17H2,1-2H3. The fraction of sp³-hybridized carbons (Fsp3) is 0.500. The lowest BCUT2D eigenvalue weighted by atomic mass is 9.83. The number of hydrogen-bond donors (Lipinski definition) is 1. The highest BCUT2D eigenvalue weighted by molar-refractivity contribution is 5.87. The maximum absolute atomic E-state index is 14.1. The summed E-state index contributed by atoms with van der Waals surface area (Å²) >= 11 is 0. The van der Waals surface area contributed by atoms with Crippen molar-refractivity contribution < 1.29 is 23.0 Å². The Bertz CT molecular complexity index is 1520. The van der Waals surface area contributed by atoms with E-state index in [4.69, 9.17) is 14.7 Å². The number of aliphatic hydroxyl groups is 1. The number of benzene rings is 1. The van der Waals surface area contributed by atoms with E-state index >= 15 is 0 Å². The molecule has 5 heterocycles. The van der Waals surface area contributed by atoms with E-state index in [2.05, 4.69) is 14.9 Å². The number of aromatic nitrogens is 5. The molecule has 3 aromatic heterocycles. The molecule has 12 heteroatoms. The molecule has 6 rings (SSSR count). The number of imidazole rings is 1. The van der Waals surface area contributed by atoms with Gasteiger partial charge in [-0.25, -0.2) is 15.0 Å². The first-order valence-corrected chi connectivity index (χ1v) is 13.6. The second kappa shape index (κ2) is 10.2. The highest BCUT2D eigenvalue weighted by Gasteiger charge is 2.39. The molecule has 0 bridgehead atoms. The van der Waals surface area contributed by atoms with Crippen LogP contribution < -0.4 is 4.90 Å². The van der Waals surface area contributed by atoms with Gasteiger partial charge in [0.25, 0.3) is 0 Å². The molecular formula is C28H32F3N7O2. The summed E-state index contributed by atoms with van der Waals surface area (Å²) in [4.78, 5) is 22.4. The Morgan fingerprint density at radius 3 is 2.33 bits per heavy atom. The van der Waals surface area contributed by atoms with Gasteiger partial charge >= 0.3 is 6.18 Å². The average Bonchev–Trinajstić information content (AvgIpc) is 3.33. The molecule has 0 atom stereocenters. The van der Waals surface area contributed by atoms with Gasteiger partial charge < -0.3 is 14.7 Å². The molecule has 2 aliphatic heterocycles. The summed E-state index contributed by atoms with van der Waals surface area (Å²) < 4.78 is 48.8. The van der Waals surface area contributed by atoms with E-state index < -0.39 is 17.6 Å². The highest BCUT2D eigenvalue weighted by Crippen LogP contribution is 2.35. The Hall–Kier alpha value is -3.35. The number of nitrogens with zero attached hydrogens (tertiary/aromatic N) is 7. The Labute approximate surface area is 229 Å². The van der Waals surface area contributed by atoms with Crippen LogP contribution in [0.3, 0.4) is 0 Å². The zero-order valence-corrected chi connectivity index (χ0v) is 22.5. The third-order valence-corrected chi connectivity index (χ3v) is 7.87. The summed E-state index contributed by atoms with van der Waals surface area (Å²) in [5, 5.41) is 10.4. The quantitative estimate of drug-likeness (QED) is 0.392. The lowest BCUT2D eigenvalue weighted by Crippen LogP contribution is -2.41. The van der Waals surface area contributed by atoms with Crippen LogP contribution in [0.5, 0.6) is 0 Å². The summed E-state index contributed by atoms with van der Waals surface area (Å²) in [6, 6.07) is 10.1. The fourth-order valence-corrected chi connectivity index (χ4v) is 5.66. The molecule has 40 heavy (non-hydrogen) atoms. The number of anilines is 1. The zero-order valence-electron chi connectivity index (χ0n) is 22.5. The van der Waals surface area contributed by atoms with Crippen molar-refractivity contribution in [3.05, 3.63) is 47.9 Å². The van der Waals surface area contributed by atoms with Crippen molar-refractivity contribution in [3.8, 4) is 5.95 Å². The highest BCUT2D eigenvalue weighted by atomic mass is 19.4. The maximum atomic E-state index is 14.1. The number of likely N-dealkylation sites (tertiary alicyclic amines) is 1. The number of fused-ring (bicyclic) bond motifs is 2. The number of alkyl halides is 3. The number of halogens is 3. The molecule has 0 unspecified atom stereocenters. The molecule has 1 N–H and O–H groups in total. The van der Waals surface area contributed by atoms with Crippen LogP contribution in [0.25, 0.3) is 28.0 Å². The molecule has 2 fully saturated rings. The number of piperidine rings is 1. The van der Waals surface area contributed by atoms with Gasteiger partial charge in [0.05, 0.1) is 41.1 Å². The molecule has 0 radical (unpaired) electrons. The van der Waals surface area contributed by atoms with E-state index in [-0.39, 0.29) is 22.9 Å². The first-order chi connectivity index (χ1) is 19.1. The van der Waals surface area contributed by atoms with E-state index in [9.17, 15) is 18.3 Å². The van der Waals surface area contributed by atoms with Crippen molar-refractivity contribution in [2.75, 3.05) is 44.3 Å². The van der Waals surface area contributed by atoms with E-state index in [1.807, 2.05) is 30.9 Å². The van der Waals surface area contributed by atoms with Gasteiger partial charge in [-0.2, -0.15) is 18.2 Å². The van der Waals surface area contributed by atoms with E-state index in [1.54, 1.807) is 24.3 Å². The second-order valence-electron chi connectivity index (χ2n) is 11.1. The lowest BCUT2D eigenvalue weighted by molar-refractivity contribution is -0.145. The Kier molecular flexibility index (Phi) is 6.87. The van der Waals surface area contributed by atoms with E-state index in [0.29, 0.717) is 49.7 Å². The van der Waals surface area contributed by atoms with E-state index in [1.165, 1.54) is 0 Å². The predicted molar refractivity (Wildman–Crippen MR) is 144 cm³/mol. The molecular weight excluding hydrogens is 523 g/mol. The predicted octanol–water partition coefficient (Wildman–Crippen LogP) is 4.20. The van der Waals surface area contributed by atoms with Gasteiger partial charge in [0.1, 0.15) is 5.52 Å². The SMILES string of the molecule is CC(C)(O)C1CCN(Cc2ccc3nc(-n4c(C(F)(F)F)nc5ccccc54)nc(N4CCOCC4)c3n2)CC1. The maximum Gasteiger partial charge on any atom is 0.450 e. The molecule has 0 amide bonds. The minimum Gasteiger partial charge on any atom is -0.390 e. The molecule has 1 aromatic carbocycles. The fourth-order valence-electron chi connectivity index (χ4n) is 5.66.